The van der Waals surface area contributed by atoms with Crippen molar-refractivity contribution in [3.63, 3.8) is 0 Å². The molecule has 0 N–H and O–H groups in total. The summed E-state index contributed by atoms with van der Waals surface area (Å²) in [7, 11) is 1.66. The van der Waals surface area contributed by atoms with Crippen LogP contribution >= 0.6 is 11.8 Å². The van der Waals surface area contributed by atoms with Gasteiger partial charge in [-0.25, -0.2) is 0 Å². The number of ether oxygens (including phenoxy) is 2. The number of hydrogen-bond donors (Lipinski definition) is 0. The predicted molar refractivity (Wildman–Crippen MR) is 108 cm³/mol. The van der Waals surface area contributed by atoms with Gasteiger partial charge in [0.1, 0.15) is 0 Å². The van der Waals surface area contributed by atoms with Gasteiger partial charge in [0.15, 0.2) is 16.7 Å². The van der Waals surface area contributed by atoms with Gasteiger partial charge in [-0.15, -0.1) is 10.2 Å². The maximum absolute atomic E-state index is 5.89. The zero-order valence-corrected chi connectivity index (χ0v) is 17.0. The molecule has 0 unspecified atom stereocenters. The van der Waals surface area contributed by atoms with Crippen LogP contribution in [0.15, 0.2) is 29.4 Å². The summed E-state index contributed by atoms with van der Waals surface area (Å²) < 4.78 is 13.6. The van der Waals surface area contributed by atoms with Crippen LogP contribution in [0, 0.1) is 5.92 Å². The molecule has 146 valence electrons. The Hall–Kier alpha value is -1.89. The molecule has 1 aliphatic carbocycles. The van der Waals surface area contributed by atoms with E-state index in [0.717, 1.165) is 47.4 Å². The number of benzene rings is 1. The molecule has 0 atom stereocenters. The van der Waals surface area contributed by atoms with Crippen molar-refractivity contribution in [1.29, 1.82) is 0 Å². The van der Waals surface area contributed by atoms with Crippen molar-refractivity contribution >= 4 is 17.7 Å². The molecule has 0 bridgehead atoms. The summed E-state index contributed by atoms with van der Waals surface area (Å²) >= 11 is 1.73. The number of thioether (sulfide) groups is 1. The molecule has 2 fully saturated rings. The molecule has 0 spiro atoms. The van der Waals surface area contributed by atoms with Crippen LogP contribution in [0.2, 0.25) is 0 Å². The third kappa shape index (κ3) is 4.34. The van der Waals surface area contributed by atoms with E-state index in [1.54, 1.807) is 18.9 Å². The number of methoxy groups -OCH3 is 1. The van der Waals surface area contributed by atoms with Crippen LogP contribution < -0.4 is 14.4 Å². The second kappa shape index (κ2) is 8.42. The Morgan fingerprint density at radius 1 is 1.07 bits per heavy atom. The molecular formula is C20H28N4O2S. The molecule has 2 aromatic rings. The fourth-order valence-corrected chi connectivity index (χ4v) is 4.28. The van der Waals surface area contributed by atoms with E-state index in [0.29, 0.717) is 12.6 Å². The van der Waals surface area contributed by atoms with Gasteiger partial charge in [-0.1, -0.05) is 30.8 Å². The molecule has 1 aliphatic heterocycles. The number of hydrogen-bond acceptors (Lipinski definition) is 6. The fourth-order valence-electron chi connectivity index (χ4n) is 3.47. The smallest absolute Gasteiger partial charge is 0.228 e. The Labute approximate surface area is 165 Å². The molecule has 6 nitrogen and oxygen atoms in total. The summed E-state index contributed by atoms with van der Waals surface area (Å²) in [6, 6.07) is 8.33. The lowest BCUT2D eigenvalue weighted by Gasteiger charge is -2.31. The van der Waals surface area contributed by atoms with Crippen LogP contribution in [0.5, 0.6) is 11.5 Å². The van der Waals surface area contributed by atoms with Gasteiger partial charge in [-0.05, 0) is 43.7 Å². The predicted octanol–water partition coefficient (Wildman–Crippen LogP) is 4.03. The van der Waals surface area contributed by atoms with E-state index in [-0.39, 0.29) is 0 Å². The lowest BCUT2D eigenvalue weighted by atomic mass is 10.00. The zero-order valence-electron chi connectivity index (χ0n) is 16.1. The van der Waals surface area contributed by atoms with E-state index in [1.165, 1.54) is 25.7 Å². The molecule has 2 heterocycles. The van der Waals surface area contributed by atoms with Crippen LogP contribution in [-0.4, -0.2) is 47.3 Å². The number of aromatic nitrogens is 3. The molecule has 1 saturated carbocycles. The third-order valence-corrected chi connectivity index (χ3v) is 6.17. The van der Waals surface area contributed by atoms with Crippen molar-refractivity contribution in [1.82, 2.24) is 14.8 Å². The van der Waals surface area contributed by atoms with Crippen LogP contribution in [-0.2, 0) is 0 Å². The molecule has 1 aromatic carbocycles. The molecule has 2 aliphatic rings. The SMILES string of the molecule is COc1ccccc1OCCSc1nnc(N2CCC(C)CC2)n1C1CC1. The number of anilines is 1. The Morgan fingerprint density at radius 3 is 2.52 bits per heavy atom. The second-order valence-corrected chi connectivity index (χ2v) is 8.46. The summed E-state index contributed by atoms with van der Waals surface area (Å²) in [5.41, 5.74) is 0. The first-order chi connectivity index (χ1) is 13.3. The van der Waals surface area contributed by atoms with E-state index in [9.17, 15) is 0 Å². The largest absolute Gasteiger partial charge is 0.493 e. The van der Waals surface area contributed by atoms with Gasteiger partial charge < -0.3 is 14.4 Å². The average Bonchev–Trinajstić information content (AvgIpc) is 3.46. The molecule has 0 radical (unpaired) electrons. The minimum absolute atomic E-state index is 0.576. The maximum Gasteiger partial charge on any atom is 0.228 e. The summed E-state index contributed by atoms with van der Waals surface area (Å²) in [6.07, 6.45) is 4.96. The first-order valence-electron chi connectivity index (χ1n) is 9.84. The van der Waals surface area contributed by atoms with Crippen molar-refractivity contribution in [2.45, 2.75) is 43.8 Å². The molecule has 7 heteroatoms. The van der Waals surface area contributed by atoms with Crippen molar-refractivity contribution in [3.05, 3.63) is 24.3 Å². The Kier molecular flexibility index (Phi) is 5.76. The lowest BCUT2D eigenvalue weighted by molar-refractivity contribution is 0.313. The van der Waals surface area contributed by atoms with E-state index < -0.39 is 0 Å². The number of para-hydroxylation sites is 2. The standard InChI is InChI=1S/C20H28N4O2S/c1-15-9-11-23(12-10-15)19-21-22-20(24(19)16-7-8-16)27-14-13-26-18-6-4-3-5-17(18)25-2/h3-6,15-16H,7-14H2,1-2H3. The zero-order chi connectivity index (χ0) is 18.6. The van der Waals surface area contributed by atoms with Gasteiger partial charge in [0.05, 0.1) is 13.7 Å². The van der Waals surface area contributed by atoms with E-state index in [1.807, 2.05) is 24.3 Å². The molecule has 0 amide bonds. The normalized spacial score (nSPS) is 17.9. The van der Waals surface area contributed by atoms with E-state index >= 15 is 0 Å². The fraction of sp³-hybridized carbons (Fsp3) is 0.600. The van der Waals surface area contributed by atoms with E-state index in [4.69, 9.17) is 9.47 Å². The van der Waals surface area contributed by atoms with Crippen molar-refractivity contribution in [2.24, 2.45) is 5.92 Å². The minimum Gasteiger partial charge on any atom is -0.493 e. The summed E-state index contributed by atoms with van der Waals surface area (Å²) in [6.45, 7) is 5.13. The van der Waals surface area contributed by atoms with Gasteiger partial charge in [-0.2, -0.15) is 0 Å². The number of rotatable bonds is 8. The van der Waals surface area contributed by atoms with Crippen molar-refractivity contribution in [3.8, 4) is 11.5 Å². The molecule has 1 saturated heterocycles. The highest BCUT2D eigenvalue weighted by molar-refractivity contribution is 7.99. The van der Waals surface area contributed by atoms with Gasteiger partial charge in [-0.3, -0.25) is 4.57 Å². The van der Waals surface area contributed by atoms with Crippen molar-refractivity contribution in [2.75, 3.05) is 37.5 Å². The minimum atomic E-state index is 0.576. The van der Waals surface area contributed by atoms with Crippen molar-refractivity contribution < 1.29 is 9.47 Å². The van der Waals surface area contributed by atoms with Gasteiger partial charge in [0.2, 0.25) is 5.95 Å². The quantitative estimate of drug-likeness (QED) is 0.503. The first kappa shape index (κ1) is 18.5. The summed E-state index contributed by atoms with van der Waals surface area (Å²) in [5, 5.41) is 10.1. The Bertz CT molecular complexity index is 754. The van der Waals surface area contributed by atoms with Crippen LogP contribution in [0.25, 0.3) is 0 Å². The first-order valence-corrected chi connectivity index (χ1v) is 10.8. The summed E-state index contributed by atoms with van der Waals surface area (Å²) in [4.78, 5) is 2.42. The Balaban J connectivity index is 1.36. The highest BCUT2D eigenvalue weighted by atomic mass is 32.2. The van der Waals surface area contributed by atoms with Gasteiger partial charge >= 0.3 is 0 Å². The van der Waals surface area contributed by atoms with E-state index in [2.05, 4.69) is 26.6 Å². The topological polar surface area (TPSA) is 52.4 Å². The molecular weight excluding hydrogens is 360 g/mol. The van der Waals surface area contributed by atoms with Gasteiger partial charge in [0.25, 0.3) is 0 Å². The Morgan fingerprint density at radius 2 is 1.81 bits per heavy atom. The highest BCUT2D eigenvalue weighted by Crippen LogP contribution is 2.41. The second-order valence-electron chi connectivity index (χ2n) is 7.40. The van der Waals surface area contributed by atoms with Crippen LogP contribution in [0.4, 0.5) is 5.95 Å². The highest BCUT2D eigenvalue weighted by Gasteiger charge is 2.32. The number of nitrogens with zero attached hydrogens (tertiary/aromatic N) is 4. The monoisotopic (exact) mass is 388 g/mol. The molecule has 4 rings (SSSR count). The van der Waals surface area contributed by atoms with Crippen LogP contribution in [0.3, 0.4) is 0 Å². The van der Waals surface area contributed by atoms with Crippen LogP contribution in [0.1, 0.15) is 38.6 Å². The maximum atomic E-state index is 5.89. The average molecular weight is 389 g/mol. The van der Waals surface area contributed by atoms with Gasteiger partial charge in [0, 0.05) is 24.9 Å². The summed E-state index contributed by atoms with van der Waals surface area (Å²) in [5.74, 6) is 4.27. The lowest BCUT2D eigenvalue weighted by Crippen LogP contribution is -2.34. The molecule has 1 aromatic heterocycles. The third-order valence-electron chi connectivity index (χ3n) is 5.27. The number of piperidine rings is 1. The molecule has 27 heavy (non-hydrogen) atoms.